The van der Waals surface area contributed by atoms with Gasteiger partial charge in [-0.2, -0.15) is 0 Å². The Kier molecular flexibility index (Phi) is 7.02. The van der Waals surface area contributed by atoms with Crippen molar-refractivity contribution in [3.63, 3.8) is 0 Å². The molecule has 1 aromatic carbocycles. The molecule has 0 unspecified atom stereocenters. The van der Waals surface area contributed by atoms with E-state index in [4.69, 9.17) is 9.47 Å². The van der Waals surface area contributed by atoms with Gasteiger partial charge in [0.25, 0.3) is 0 Å². The molecule has 0 aliphatic heterocycles. The van der Waals surface area contributed by atoms with Crippen molar-refractivity contribution < 1.29 is 19.1 Å². The monoisotopic (exact) mass is 378 g/mol. The Labute approximate surface area is 156 Å². The molecule has 0 spiro atoms. The lowest BCUT2D eigenvalue weighted by atomic mass is 10.2. The van der Waals surface area contributed by atoms with Crippen LogP contribution in [0.2, 0.25) is 0 Å². The number of carbonyl (C=O) groups is 2. The minimum atomic E-state index is -0.358. The van der Waals surface area contributed by atoms with Crippen molar-refractivity contribution in [2.45, 2.75) is 25.4 Å². The zero-order valence-corrected chi connectivity index (χ0v) is 16.1. The number of thioether (sulfide) groups is 1. The van der Waals surface area contributed by atoms with Gasteiger partial charge >= 0.3 is 5.97 Å². The molecule has 0 aliphatic rings. The van der Waals surface area contributed by atoms with Crippen molar-refractivity contribution in [2.24, 2.45) is 7.05 Å². The highest BCUT2D eigenvalue weighted by molar-refractivity contribution is 7.99. The lowest BCUT2D eigenvalue weighted by molar-refractivity contribution is -0.142. The van der Waals surface area contributed by atoms with Crippen LogP contribution in [0.4, 0.5) is 5.69 Å². The molecule has 0 saturated carbocycles. The van der Waals surface area contributed by atoms with Crippen LogP contribution in [0.25, 0.3) is 0 Å². The molecule has 0 atom stereocenters. The Hall–Kier alpha value is -2.55. The molecule has 2 aromatic rings. The SMILES string of the molecule is CCOC(=O)Cc1nnc(SCC(=O)Nc2cc(C)ccc2OC)n1C. The van der Waals surface area contributed by atoms with Crippen molar-refractivity contribution >= 4 is 29.3 Å². The van der Waals surface area contributed by atoms with E-state index in [0.29, 0.717) is 29.0 Å². The zero-order valence-electron chi connectivity index (χ0n) is 15.2. The first-order valence-corrected chi connectivity index (χ1v) is 9.04. The molecule has 2 rings (SSSR count). The number of carbonyl (C=O) groups excluding carboxylic acids is 2. The number of aromatic nitrogens is 3. The minimum Gasteiger partial charge on any atom is -0.495 e. The number of aryl methyl sites for hydroxylation is 1. The highest BCUT2D eigenvalue weighted by Gasteiger charge is 2.15. The molecular weight excluding hydrogens is 356 g/mol. The second-order valence-electron chi connectivity index (χ2n) is 5.48. The normalized spacial score (nSPS) is 10.5. The number of methoxy groups -OCH3 is 1. The van der Waals surface area contributed by atoms with Crippen molar-refractivity contribution in [1.82, 2.24) is 14.8 Å². The Balaban J connectivity index is 1.95. The standard InChI is InChI=1S/C17H22N4O4S/c1-5-25-16(23)9-14-19-20-17(21(14)3)26-10-15(22)18-12-8-11(2)6-7-13(12)24-4/h6-8H,5,9-10H2,1-4H3,(H,18,22). The van der Waals surface area contributed by atoms with Crippen LogP contribution in [0, 0.1) is 6.92 Å². The highest BCUT2D eigenvalue weighted by atomic mass is 32.2. The Bertz CT molecular complexity index is 791. The molecule has 0 aliphatic carbocycles. The van der Waals surface area contributed by atoms with E-state index in [-0.39, 0.29) is 24.1 Å². The van der Waals surface area contributed by atoms with Crippen LogP contribution < -0.4 is 10.1 Å². The van der Waals surface area contributed by atoms with Crippen LogP contribution in [0.3, 0.4) is 0 Å². The number of nitrogens with one attached hydrogen (secondary N) is 1. The van der Waals surface area contributed by atoms with Crippen molar-refractivity contribution in [3.8, 4) is 5.75 Å². The second kappa shape index (κ2) is 9.23. The van der Waals surface area contributed by atoms with Gasteiger partial charge in [0.2, 0.25) is 5.91 Å². The predicted octanol–water partition coefficient (Wildman–Crippen LogP) is 1.97. The van der Waals surface area contributed by atoms with Crippen molar-refractivity contribution in [1.29, 1.82) is 0 Å². The molecule has 9 heteroatoms. The van der Waals surface area contributed by atoms with E-state index >= 15 is 0 Å². The first-order chi connectivity index (χ1) is 12.4. The summed E-state index contributed by atoms with van der Waals surface area (Å²) in [6.45, 7) is 4.01. The van der Waals surface area contributed by atoms with Crippen LogP contribution >= 0.6 is 11.8 Å². The molecule has 8 nitrogen and oxygen atoms in total. The first kappa shape index (κ1) is 19.8. The van der Waals surface area contributed by atoms with Gasteiger partial charge in [-0.15, -0.1) is 10.2 Å². The maximum Gasteiger partial charge on any atom is 0.313 e. The molecule has 0 bridgehead atoms. The maximum atomic E-state index is 12.2. The van der Waals surface area contributed by atoms with Gasteiger partial charge in [0, 0.05) is 7.05 Å². The van der Waals surface area contributed by atoms with Crippen LogP contribution in [0.15, 0.2) is 23.4 Å². The zero-order chi connectivity index (χ0) is 19.1. The average molecular weight is 378 g/mol. The van der Waals surface area contributed by atoms with Gasteiger partial charge in [-0.3, -0.25) is 9.59 Å². The Morgan fingerprint density at radius 3 is 2.77 bits per heavy atom. The third-order valence-electron chi connectivity index (χ3n) is 3.49. The predicted molar refractivity (Wildman–Crippen MR) is 98.4 cm³/mol. The van der Waals surface area contributed by atoms with Crippen LogP contribution in [0.1, 0.15) is 18.3 Å². The summed E-state index contributed by atoms with van der Waals surface area (Å²) in [7, 11) is 3.30. The van der Waals surface area contributed by atoms with E-state index < -0.39 is 0 Å². The number of ether oxygens (including phenoxy) is 2. The Morgan fingerprint density at radius 1 is 1.31 bits per heavy atom. The molecule has 140 valence electrons. The second-order valence-corrected chi connectivity index (χ2v) is 6.42. The molecular formula is C17H22N4O4S. The smallest absolute Gasteiger partial charge is 0.313 e. The van der Waals surface area contributed by atoms with Gasteiger partial charge in [-0.05, 0) is 31.5 Å². The molecule has 0 fully saturated rings. The number of esters is 1. The summed E-state index contributed by atoms with van der Waals surface area (Å²) < 4.78 is 11.8. The Morgan fingerprint density at radius 2 is 2.08 bits per heavy atom. The van der Waals surface area contributed by atoms with Gasteiger partial charge in [0.05, 0.1) is 25.2 Å². The van der Waals surface area contributed by atoms with E-state index in [9.17, 15) is 9.59 Å². The van der Waals surface area contributed by atoms with Crippen LogP contribution in [-0.4, -0.2) is 46.1 Å². The quantitative estimate of drug-likeness (QED) is 0.554. The molecule has 1 heterocycles. The van der Waals surface area contributed by atoms with Crippen molar-refractivity contribution in [2.75, 3.05) is 24.8 Å². The fourth-order valence-corrected chi connectivity index (χ4v) is 2.93. The largest absolute Gasteiger partial charge is 0.495 e. The lowest BCUT2D eigenvalue weighted by Gasteiger charge is -2.10. The van der Waals surface area contributed by atoms with E-state index in [1.807, 2.05) is 25.1 Å². The van der Waals surface area contributed by atoms with Crippen molar-refractivity contribution in [3.05, 3.63) is 29.6 Å². The fraction of sp³-hybridized carbons (Fsp3) is 0.412. The molecule has 0 radical (unpaired) electrons. The summed E-state index contributed by atoms with van der Waals surface area (Å²) in [6, 6.07) is 5.57. The molecule has 1 aromatic heterocycles. The summed E-state index contributed by atoms with van der Waals surface area (Å²) in [4.78, 5) is 23.8. The maximum absolute atomic E-state index is 12.2. The highest BCUT2D eigenvalue weighted by Crippen LogP contribution is 2.25. The van der Waals surface area contributed by atoms with Gasteiger partial charge < -0.3 is 19.4 Å². The van der Waals surface area contributed by atoms with Gasteiger partial charge in [0.1, 0.15) is 18.0 Å². The number of benzene rings is 1. The fourth-order valence-electron chi connectivity index (χ4n) is 2.20. The number of nitrogens with zero attached hydrogens (tertiary/aromatic N) is 3. The summed E-state index contributed by atoms with van der Waals surface area (Å²) in [5, 5.41) is 11.4. The van der Waals surface area contributed by atoms with Gasteiger partial charge in [0.15, 0.2) is 5.16 Å². The van der Waals surface area contributed by atoms with Gasteiger partial charge in [-0.25, -0.2) is 0 Å². The molecule has 1 N–H and O–H groups in total. The molecule has 1 amide bonds. The third kappa shape index (κ3) is 5.22. The number of hydrogen-bond acceptors (Lipinski definition) is 7. The number of anilines is 1. The van der Waals surface area contributed by atoms with Crippen LogP contribution in [0.5, 0.6) is 5.75 Å². The van der Waals surface area contributed by atoms with E-state index in [2.05, 4.69) is 15.5 Å². The summed E-state index contributed by atoms with van der Waals surface area (Å²) in [6.07, 6.45) is 0.0462. The minimum absolute atomic E-state index is 0.0462. The van der Waals surface area contributed by atoms with Gasteiger partial charge in [-0.1, -0.05) is 17.8 Å². The van der Waals surface area contributed by atoms with E-state index in [1.165, 1.54) is 11.8 Å². The summed E-state index contributed by atoms with van der Waals surface area (Å²) in [5.74, 6) is 0.705. The number of rotatable bonds is 8. The first-order valence-electron chi connectivity index (χ1n) is 8.05. The average Bonchev–Trinajstić information content (AvgIpc) is 2.93. The van der Waals surface area contributed by atoms with E-state index in [0.717, 1.165) is 5.56 Å². The van der Waals surface area contributed by atoms with E-state index in [1.54, 1.807) is 25.6 Å². The molecule has 26 heavy (non-hydrogen) atoms. The topological polar surface area (TPSA) is 95.3 Å². The number of amides is 1. The third-order valence-corrected chi connectivity index (χ3v) is 4.51. The summed E-state index contributed by atoms with van der Waals surface area (Å²) >= 11 is 1.24. The number of hydrogen-bond donors (Lipinski definition) is 1. The van der Waals surface area contributed by atoms with Crippen LogP contribution in [-0.2, 0) is 27.8 Å². The molecule has 0 saturated heterocycles. The lowest BCUT2D eigenvalue weighted by Crippen LogP contribution is -2.15. The summed E-state index contributed by atoms with van der Waals surface area (Å²) in [5.41, 5.74) is 1.64.